The Balaban J connectivity index is 2.09. The molecule has 0 aliphatic heterocycles. The maximum atomic E-state index is 11.8. The van der Waals surface area contributed by atoms with Gasteiger partial charge in [-0.05, 0) is 12.1 Å². The molecule has 0 unspecified atom stereocenters. The first-order chi connectivity index (χ1) is 9.08. The van der Waals surface area contributed by atoms with Crippen LogP contribution in [0.2, 0.25) is 0 Å². The molecule has 1 aromatic carbocycles. The molecule has 2 aromatic rings. The largest absolute Gasteiger partial charge is 0.478 e. The summed E-state index contributed by atoms with van der Waals surface area (Å²) in [5.41, 5.74) is 0.642. The monoisotopic (exact) mass is 271 g/mol. The number of hydrogen-bond donors (Lipinski definition) is 1. The van der Waals surface area contributed by atoms with Crippen LogP contribution in [-0.4, -0.2) is 35.7 Å². The quantitative estimate of drug-likeness (QED) is 0.816. The number of hydrogen-bond acceptors (Lipinski definition) is 4. The molecule has 0 bridgehead atoms. The van der Waals surface area contributed by atoms with Crippen molar-refractivity contribution in [2.45, 2.75) is 12.8 Å². The molecule has 1 aromatic heterocycles. The molecule has 0 aliphatic rings. The second-order valence-corrected chi connectivity index (χ2v) is 3.78. The number of aromatic carboxylic acids is 1. The van der Waals surface area contributed by atoms with Gasteiger partial charge in [-0.3, -0.25) is 0 Å². The number of carboxylic acid groups (broad SMARTS) is 1. The van der Waals surface area contributed by atoms with Crippen LogP contribution < -0.4 is 0 Å². The molecular weight excluding hydrogens is 260 g/mol. The average Bonchev–Trinajstić information content (AvgIpc) is 2.76. The number of rotatable bonds is 6. The fourth-order valence-corrected chi connectivity index (χ4v) is 1.61. The molecule has 5 nitrogen and oxygen atoms in total. The molecule has 0 atom stereocenters. The highest BCUT2D eigenvalue weighted by Crippen LogP contribution is 2.20. The predicted molar refractivity (Wildman–Crippen MR) is 61.5 cm³/mol. The third-order valence-corrected chi connectivity index (χ3v) is 2.40. The standard InChI is InChI=1S/C12H11F2NO4/c13-9(14)6-18-5-4-10-15-11-7(12(16)17)2-1-3-8(11)19-10/h1-3,9H,4-6H2,(H,16,17). The SMILES string of the molecule is O=C(O)c1cccc2oc(CCOCC(F)F)nc12. The number of nitrogens with zero attached hydrogens (tertiary/aromatic N) is 1. The molecule has 0 aliphatic carbocycles. The van der Waals surface area contributed by atoms with Gasteiger partial charge in [0.2, 0.25) is 0 Å². The first kappa shape index (κ1) is 13.4. The molecule has 0 saturated heterocycles. The van der Waals surface area contributed by atoms with Gasteiger partial charge in [-0.15, -0.1) is 0 Å². The number of para-hydroxylation sites is 1. The van der Waals surface area contributed by atoms with E-state index in [0.29, 0.717) is 5.58 Å². The number of alkyl halides is 2. The van der Waals surface area contributed by atoms with Crippen molar-refractivity contribution in [1.82, 2.24) is 4.98 Å². The lowest BCUT2D eigenvalue weighted by Crippen LogP contribution is -2.07. The molecule has 0 radical (unpaired) electrons. The molecule has 1 heterocycles. The molecule has 0 spiro atoms. The number of oxazole rings is 1. The molecule has 0 amide bonds. The van der Waals surface area contributed by atoms with E-state index < -0.39 is 19.0 Å². The Bertz CT molecular complexity index is 582. The Morgan fingerprint density at radius 2 is 2.26 bits per heavy atom. The van der Waals surface area contributed by atoms with E-state index >= 15 is 0 Å². The predicted octanol–water partition coefficient (Wildman–Crippen LogP) is 2.35. The maximum absolute atomic E-state index is 11.8. The molecule has 7 heteroatoms. The Morgan fingerprint density at radius 3 is 2.95 bits per heavy atom. The van der Waals surface area contributed by atoms with Gasteiger partial charge < -0.3 is 14.3 Å². The molecule has 102 valence electrons. The van der Waals surface area contributed by atoms with Gasteiger partial charge in [0.05, 0.1) is 12.2 Å². The van der Waals surface area contributed by atoms with Crippen LogP contribution in [0.4, 0.5) is 8.78 Å². The van der Waals surface area contributed by atoms with E-state index in [1.54, 1.807) is 12.1 Å². The number of aromatic nitrogens is 1. The minimum atomic E-state index is -2.51. The summed E-state index contributed by atoms with van der Waals surface area (Å²) in [5, 5.41) is 8.98. The second kappa shape index (κ2) is 5.75. The van der Waals surface area contributed by atoms with Crippen molar-refractivity contribution in [1.29, 1.82) is 0 Å². The van der Waals surface area contributed by atoms with Gasteiger partial charge in [-0.2, -0.15) is 0 Å². The van der Waals surface area contributed by atoms with E-state index in [1.165, 1.54) is 6.07 Å². The van der Waals surface area contributed by atoms with E-state index in [9.17, 15) is 13.6 Å². The van der Waals surface area contributed by atoms with Gasteiger partial charge in [-0.1, -0.05) is 6.07 Å². The lowest BCUT2D eigenvalue weighted by atomic mass is 10.2. The minimum absolute atomic E-state index is 0.0412. The van der Waals surface area contributed by atoms with Gasteiger partial charge in [0.25, 0.3) is 6.43 Å². The van der Waals surface area contributed by atoms with Crippen LogP contribution in [0.5, 0.6) is 0 Å². The number of halogens is 2. The molecular formula is C12H11F2NO4. The van der Waals surface area contributed by atoms with Crippen molar-refractivity contribution in [3.63, 3.8) is 0 Å². The topological polar surface area (TPSA) is 72.6 Å². The van der Waals surface area contributed by atoms with Crippen LogP contribution >= 0.6 is 0 Å². The molecule has 2 rings (SSSR count). The Kier molecular flexibility index (Phi) is 4.06. The number of benzene rings is 1. The van der Waals surface area contributed by atoms with Crippen LogP contribution in [0, 0.1) is 0 Å². The average molecular weight is 271 g/mol. The Labute approximate surface area is 106 Å². The van der Waals surface area contributed by atoms with Crippen LogP contribution in [0.1, 0.15) is 16.2 Å². The third-order valence-electron chi connectivity index (χ3n) is 2.40. The first-order valence-corrected chi connectivity index (χ1v) is 5.55. The van der Waals surface area contributed by atoms with Crippen molar-refractivity contribution >= 4 is 17.1 Å². The zero-order valence-electron chi connectivity index (χ0n) is 9.81. The highest BCUT2D eigenvalue weighted by atomic mass is 19.3. The number of carboxylic acids is 1. The highest BCUT2D eigenvalue weighted by molar-refractivity contribution is 6.00. The van der Waals surface area contributed by atoms with Gasteiger partial charge in [0.15, 0.2) is 11.5 Å². The van der Waals surface area contributed by atoms with Gasteiger partial charge >= 0.3 is 5.97 Å². The van der Waals surface area contributed by atoms with E-state index in [0.717, 1.165) is 0 Å². The van der Waals surface area contributed by atoms with Gasteiger partial charge in [0, 0.05) is 6.42 Å². The van der Waals surface area contributed by atoms with Crippen molar-refractivity contribution in [2.24, 2.45) is 0 Å². The van der Waals surface area contributed by atoms with E-state index in [2.05, 4.69) is 4.98 Å². The fraction of sp³-hybridized carbons (Fsp3) is 0.333. The highest BCUT2D eigenvalue weighted by Gasteiger charge is 2.14. The maximum Gasteiger partial charge on any atom is 0.338 e. The summed E-state index contributed by atoms with van der Waals surface area (Å²) in [6, 6.07) is 4.57. The van der Waals surface area contributed by atoms with E-state index in [-0.39, 0.29) is 30.0 Å². The van der Waals surface area contributed by atoms with Crippen molar-refractivity contribution in [2.75, 3.05) is 13.2 Å². The molecule has 0 saturated carbocycles. The van der Waals surface area contributed by atoms with Crippen molar-refractivity contribution in [3.05, 3.63) is 29.7 Å². The van der Waals surface area contributed by atoms with Gasteiger partial charge in [0.1, 0.15) is 12.1 Å². The Morgan fingerprint density at radius 1 is 1.47 bits per heavy atom. The summed E-state index contributed by atoms with van der Waals surface area (Å²) in [6.45, 7) is -0.597. The summed E-state index contributed by atoms with van der Waals surface area (Å²) in [6.07, 6.45) is -2.30. The number of ether oxygens (including phenoxy) is 1. The van der Waals surface area contributed by atoms with Crippen molar-refractivity contribution in [3.8, 4) is 0 Å². The van der Waals surface area contributed by atoms with Crippen LogP contribution in [0.15, 0.2) is 22.6 Å². The first-order valence-electron chi connectivity index (χ1n) is 5.55. The number of carbonyl (C=O) groups is 1. The summed E-state index contributed by atoms with van der Waals surface area (Å²) < 4.78 is 33.7. The summed E-state index contributed by atoms with van der Waals surface area (Å²) in [7, 11) is 0. The van der Waals surface area contributed by atoms with Crippen LogP contribution in [-0.2, 0) is 11.2 Å². The lowest BCUT2D eigenvalue weighted by molar-refractivity contribution is 0.0174. The molecule has 19 heavy (non-hydrogen) atoms. The molecule has 1 N–H and O–H groups in total. The normalized spacial score (nSPS) is 11.3. The number of fused-ring (bicyclic) bond motifs is 1. The van der Waals surface area contributed by atoms with E-state index in [1.807, 2.05) is 0 Å². The minimum Gasteiger partial charge on any atom is -0.478 e. The zero-order chi connectivity index (χ0) is 13.8. The zero-order valence-corrected chi connectivity index (χ0v) is 9.81. The fourth-order valence-electron chi connectivity index (χ4n) is 1.61. The molecule has 0 fully saturated rings. The summed E-state index contributed by atoms with van der Waals surface area (Å²) >= 11 is 0. The lowest BCUT2D eigenvalue weighted by Gasteiger charge is -2.00. The van der Waals surface area contributed by atoms with Crippen LogP contribution in [0.25, 0.3) is 11.1 Å². The summed E-state index contributed by atoms with van der Waals surface area (Å²) in [4.78, 5) is 15.0. The Hall–Kier alpha value is -2.02. The second-order valence-electron chi connectivity index (χ2n) is 3.78. The smallest absolute Gasteiger partial charge is 0.338 e. The third kappa shape index (κ3) is 3.25. The van der Waals surface area contributed by atoms with Crippen LogP contribution in [0.3, 0.4) is 0 Å². The van der Waals surface area contributed by atoms with E-state index in [4.69, 9.17) is 14.3 Å². The van der Waals surface area contributed by atoms with Gasteiger partial charge in [-0.25, -0.2) is 18.6 Å². The van der Waals surface area contributed by atoms with Crippen molar-refractivity contribution < 1.29 is 27.8 Å². The summed E-state index contributed by atoms with van der Waals surface area (Å²) in [5.74, 6) is -0.836.